The van der Waals surface area contributed by atoms with Crippen LogP contribution in [0.4, 0.5) is 5.69 Å². The second kappa shape index (κ2) is 5.96. The van der Waals surface area contributed by atoms with Gasteiger partial charge >= 0.3 is 0 Å². The molecule has 8 heteroatoms. The molecular formula is C15H17N5O2S. The molecule has 3 heterocycles. The van der Waals surface area contributed by atoms with Crippen molar-refractivity contribution in [2.45, 2.75) is 26.8 Å². The molecule has 0 aliphatic heterocycles. The van der Waals surface area contributed by atoms with Gasteiger partial charge in [-0.1, -0.05) is 0 Å². The van der Waals surface area contributed by atoms with E-state index in [1.54, 1.807) is 10.7 Å². The molecule has 0 fully saturated rings. The van der Waals surface area contributed by atoms with Crippen LogP contribution in [0.1, 0.15) is 17.8 Å². The summed E-state index contributed by atoms with van der Waals surface area (Å²) < 4.78 is 3.20. The van der Waals surface area contributed by atoms with Gasteiger partial charge in [-0.2, -0.15) is 5.10 Å². The van der Waals surface area contributed by atoms with Crippen LogP contribution in [0.2, 0.25) is 0 Å². The smallest absolute Gasteiger partial charge is 0.262 e. The van der Waals surface area contributed by atoms with E-state index in [0.717, 1.165) is 21.9 Å². The van der Waals surface area contributed by atoms with Crippen LogP contribution < -0.4 is 10.9 Å². The standard InChI is InChI=1S/C15H17N5O2S/c1-9-13(10(2)19(3)18-9)17-12(21)4-6-20-8-16-14-11(15(20)22)5-7-23-14/h5,7-8H,4,6H2,1-3H3,(H,17,21). The van der Waals surface area contributed by atoms with E-state index in [4.69, 9.17) is 0 Å². The van der Waals surface area contributed by atoms with Crippen molar-refractivity contribution in [3.05, 3.63) is 39.5 Å². The molecule has 0 bridgehead atoms. The summed E-state index contributed by atoms with van der Waals surface area (Å²) in [7, 11) is 1.83. The van der Waals surface area contributed by atoms with Crippen molar-refractivity contribution in [1.29, 1.82) is 0 Å². The fourth-order valence-corrected chi connectivity index (χ4v) is 3.15. The number of nitrogens with zero attached hydrogens (tertiary/aromatic N) is 4. The number of hydrogen-bond donors (Lipinski definition) is 1. The van der Waals surface area contributed by atoms with Crippen molar-refractivity contribution in [3.63, 3.8) is 0 Å². The summed E-state index contributed by atoms with van der Waals surface area (Å²) in [5.74, 6) is -0.151. The number of aromatic nitrogens is 4. The molecule has 3 aromatic rings. The minimum atomic E-state index is -0.151. The Morgan fingerprint density at radius 1 is 1.39 bits per heavy atom. The Bertz CT molecular complexity index is 937. The zero-order valence-electron chi connectivity index (χ0n) is 13.2. The Kier molecular flexibility index (Phi) is 3.99. The van der Waals surface area contributed by atoms with Gasteiger partial charge in [0.1, 0.15) is 4.83 Å². The molecule has 0 aliphatic rings. The number of rotatable bonds is 4. The number of aryl methyl sites for hydroxylation is 3. The second-order valence-electron chi connectivity index (χ2n) is 5.35. The lowest BCUT2D eigenvalue weighted by Crippen LogP contribution is -2.23. The van der Waals surface area contributed by atoms with Crippen molar-refractivity contribution in [2.75, 3.05) is 5.32 Å². The Balaban J connectivity index is 1.71. The van der Waals surface area contributed by atoms with Crippen LogP contribution in [0.3, 0.4) is 0 Å². The maximum atomic E-state index is 12.3. The molecule has 0 aliphatic carbocycles. The van der Waals surface area contributed by atoms with Crippen molar-refractivity contribution >= 4 is 33.1 Å². The molecule has 0 spiro atoms. The van der Waals surface area contributed by atoms with E-state index in [0.29, 0.717) is 11.9 Å². The summed E-state index contributed by atoms with van der Waals surface area (Å²) in [4.78, 5) is 29.4. The highest BCUT2D eigenvalue weighted by atomic mass is 32.1. The van der Waals surface area contributed by atoms with E-state index < -0.39 is 0 Å². The number of carbonyl (C=O) groups is 1. The van der Waals surface area contributed by atoms with Gasteiger partial charge in [-0.05, 0) is 25.3 Å². The molecule has 0 saturated carbocycles. The Morgan fingerprint density at radius 2 is 2.17 bits per heavy atom. The fourth-order valence-electron chi connectivity index (χ4n) is 2.43. The molecule has 0 unspecified atom stereocenters. The van der Waals surface area contributed by atoms with Crippen LogP contribution in [0, 0.1) is 13.8 Å². The minimum Gasteiger partial charge on any atom is -0.323 e. The molecule has 0 saturated heterocycles. The maximum absolute atomic E-state index is 12.3. The van der Waals surface area contributed by atoms with Gasteiger partial charge in [0, 0.05) is 20.0 Å². The van der Waals surface area contributed by atoms with Gasteiger partial charge in [0.25, 0.3) is 5.56 Å². The quantitative estimate of drug-likeness (QED) is 0.791. The zero-order valence-corrected chi connectivity index (χ0v) is 14.0. The van der Waals surface area contributed by atoms with E-state index >= 15 is 0 Å². The highest BCUT2D eigenvalue weighted by Gasteiger charge is 2.13. The second-order valence-corrected chi connectivity index (χ2v) is 6.24. The van der Waals surface area contributed by atoms with E-state index in [9.17, 15) is 9.59 Å². The molecule has 0 radical (unpaired) electrons. The molecule has 23 heavy (non-hydrogen) atoms. The molecule has 120 valence electrons. The van der Waals surface area contributed by atoms with Crippen LogP contribution >= 0.6 is 11.3 Å². The summed E-state index contributed by atoms with van der Waals surface area (Å²) in [5, 5.41) is 9.56. The Hall–Kier alpha value is -2.48. The van der Waals surface area contributed by atoms with Crippen LogP contribution in [0.5, 0.6) is 0 Å². The van der Waals surface area contributed by atoms with E-state index in [-0.39, 0.29) is 17.9 Å². The van der Waals surface area contributed by atoms with Crippen LogP contribution in [0.25, 0.3) is 10.2 Å². The Morgan fingerprint density at radius 3 is 2.87 bits per heavy atom. The number of thiophene rings is 1. The lowest BCUT2D eigenvalue weighted by atomic mass is 10.3. The predicted molar refractivity (Wildman–Crippen MR) is 89.8 cm³/mol. The number of carbonyl (C=O) groups excluding carboxylic acids is 1. The monoisotopic (exact) mass is 331 g/mol. The van der Waals surface area contributed by atoms with Crippen LogP contribution in [-0.2, 0) is 18.4 Å². The molecular weight excluding hydrogens is 314 g/mol. The first-order valence-corrected chi connectivity index (χ1v) is 8.08. The highest BCUT2D eigenvalue weighted by Crippen LogP contribution is 2.18. The van der Waals surface area contributed by atoms with Crippen molar-refractivity contribution in [2.24, 2.45) is 7.05 Å². The van der Waals surface area contributed by atoms with Crippen molar-refractivity contribution in [1.82, 2.24) is 19.3 Å². The first-order chi connectivity index (χ1) is 11.0. The zero-order chi connectivity index (χ0) is 16.6. The van der Waals surface area contributed by atoms with E-state index in [1.807, 2.05) is 26.3 Å². The third-order valence-electron chi connectivity index (χ3n) is 3.80. The largest absolute Gasteiger partial charge is 0.323 e. The minimum absolute atomic E-state index is 0.113. The third kappa shape index (κ3) is 2.89. The normalized spacial score (nSPS) is 11.1. The molecule has 0 aromatic carbocycles. The van der Waals surface area contributed by atoms with Gasteiger partial charge < -0.3 is 5.32 Å². The van der Waals surface area contributed by atoms with Gasteiger partial charge in [0.15, 0.2) is 0 Å². The topological polar surface area (TPSA) is 81.8 Å². The van der Waals surface area contributed by atoms with E-state index in [2.05, 4.69) is 15.4 Å². The summed E-state index contributed by atoms with van der Waals surface area (Å²) in [6.07, 6.45) is 1.69. The molecule has 3 aromatic heterocycles. The van der Waals surface area contributed by atoms with Gasteiger partial charge in [0.2, 0.25) is 5.91 Å². The van der Waals surface area contributed by atoms with Gasteiger partial charge in [0.05, 0.1) is 28.8 Å². The number of hydrogen-bond acceptors (Lipinski definition) is 5. The number of fused-ring (bicyclic) bond motifs is 1. The summed E-state index contributed by atoms with van der Waals surface area (Å²) in [6.45, 7) is 4.04. The highest BCUT2D eigenvalue weighted by molar-refractivity contribution is 7.16. The van der Waals surface area contributed by atoms with E-state index in [1.165, 1.54) is 22.2 Å². The van der Waals surface area contributed by atoms with Crippen LogP contribution in [0.15, 0.2) is 22.6 Å². The molecule has 1 N–H and O–H groups in total. The molecule has 1 amide bonds. The van der Waals surface area contributed by atoms with Gasteiger partial charge in [-0.3, -0.25) is 18.8 Å². The molecule has 0 atom stereocenters. The van der Waals surface area contributed by atoms with Crippen molar-refractivity contribution in [3.8, 4) is 0 Å². The number of nitrogens with one attached hydrogen (secondary N) is 1. The SMILES string of the molecule is Cc1nn(C)c(C)c1NC(=O)CCn1cnc2sccc2c1=O. The summed E-state index contributed by atoms with van der Waals surface area (Å²) in [6, 6.07) is 1.76. The van der Waals surface area contributed by atoms with Crippen molar-refractivity contribution < 1.29 is 4.79 Å². The average Bonchev–Trinajstić information content (AvgIpc) is 3.08. The maximum Gasteiger partial charge on any atom is 0.262 e. The molecule has 3 rings (SSSR count). The number of amides is 1. The summed E-state index contributed by atoms with van der Waals surface area (Å²) in [5.41, 5.74) is 2.29. The summed E-state index contributed by atoms with van der Waals surface area (Å²) >= 11 is 1.43. The third-order valence-corrected chi connectivity index (χ3v) is 4.62. The van der Waals surface area contributed by atoms with Gasteiger partial charge in [-0.15, -0.1) is 11.3 Å². The lowest BCUT2D eigenvalue weighted by Gasteiger charge is -2.07. The lowest BCUT2D eigenvalue weighted by molar-refractivity contribution is -0.116. The van der Waals surface area contributed by atoms with Gasteiger partial charge in [-0.25, -0.2) is 4.98 Å². The van der Waals surface area contributed by atoms with Crippen LogP contribution in [-0.4, -0.2) is 25.2 Å². The first-order valence-electron chi connectivity index (χ1n) is 7.20. The average molecular weight is 331 g/mol. The molecule has 7 nitrogen and oxygen atoms in total. The first kappa shape index (κ1) is 15.4. The fraction of sp³-hybridized carbons (Fsp3) is 0.333. The Labute approximate surface area is 136 Å². The number of anilines is 1. The predicted octanol–water partition coefficient (Wildman–Crippen LogP) is 1.84.